The van der Waals surface area contributed by atoms with Crippen LogP contribution in [0, 0.1) is 19.7 Å². The Bertz CT molecular complexity index is 922. The highest BCUT2D eigenvalue weighted by molar-refractivity contribution is 7.89. The summed E-state index contributed by atoms with van der Waals surface area (Å²) in [6.45, 7) is 8.17. The summed E-state index contributed by atoms with van der Waals surface area (Å²) < 4.78 is 40.5. The molecule has 2 aromatic rings. The third kappa shape index (κ3) is 4.91. The lowest BCUT2D eigenvalue weighted by Gasteiger charge is -2.19. The van der Waals surface area contributed by atoms with Gasteiger partial charge < -0.3 is 5.32 Å². The smallest absolute Gasteiger partial charge is 0.254 e. The maximum absolute atomic E-state index is 14.1. The Hall–Kier alpha value is -1.84. The number of aryl methyl sites for hydroxylation is 2. The number of sulfonamides is 1. The number of amides is 1. The molecule has 6 nitrogen and oxygen atoms in total. The van der Waals surface area contributed by atoms with Gasteiger partial charge in [-0.1, -0.05) is 13.8 Å². The van der Waals surface area contributed by atoms with Gasteiger partial charge in [0.05, 0.1) is 21.2 Å². The van der Waals surface area contributed by atoms with E-state index < -0.39 is 21.7 Å². The fourth-order valence-corrected chi connectivity index (χ4v) is 5.16. The highest BCUT2D eigenvalue weighted by Crippen LogP contribution is 2.20. The molecule has 0 aliphatic rings. The van der Waals surface area contributed by atoms with Crippen LogP contribution >= 0.6 is 11.3 Å². The molecule has 1 aromatic heterocycles. The molecule has 148 valence electrons. The number of carbonyl (C=O) groups excluding carboxylic acids is 1. The van der Waals surface area contributed by atoms with Crippen LogP contribution in [0.5, 0.6) is 0 Å². The third-order valence-corrected chi connectivity index (χ3v) is 7.34. The van der Waals surface area contributed by atoms with E-state index in [2.05, 4.69) is 10.3 Å². The number of thiazole rings is 1. The van der Waals surface area contributed by atoms with Crippen LogP contribution in [0.25, 0.3) is 0 Å². The summed E-state index contributed by atoms with van der Waals surface area (Å²) in [5.41, 5.74) is 0.644. The monoisotopic (exact) mass is 413 g/mol. The lowest BCUT2D eigenvalue weighted by molar-refractivity contribution is 0.0950. The minimum absolute atomic E-state index is 0.0910. The average molecular weight is 414 g/mol. The molecule has 0 radical (unpaired) electrons. The third-order valence-electron chi connectivity index (χ3n) is 4.16. The van der Waals surface area contributed by atoms with Gasteiger partial charge in [0, 0.05) is 30.9 Å². The molecule has 0 aliphatic heterocycles. The van der Waals surface area contributed by atoms with Crippen molar-refractivity contribution in [2.24, 2.45) is 0 Å². The number of benzene rings is 1. The Balaban J connectivity index is 2.15. The summed E-state index contributed by atoms with van der Waals surface area (Å²) in [5.74, 6) is -1.39. The van der Waals surface area contributed by atoms with E-state index in [-0.39, 0.29) is 10.5 Å². The van der Waals surface area contributed by atoms with Crippen LogP contribution in [0.2, 0.25) is 0 Å². The van der Waals surface area contributed by atoms with E-state index in [1.807, 2.05) is 13.8 Å². The topological polar surface area (TPSA) is 79.4 Å². The zero-order valence-corrected chi connectivity index (χ0v) is 17.5. The molecule has 0 spiro atoms. The number of hydrogen-bond donors (Lipinski definition) is 1. The molecule has 1 N–H and O–H groups in total. The van der Waals surface area contributed by atoms with Gasteiger partial charge in [0.1, 0.15) is 5.82 Å². The van der Waals surface area contributed by atoms with Crippen LogP contribution in [0.1, 0.15) is 39.8 Å². The zero-order chi connectivity index (χ0) is 20.2. The number of nitrogens with one attached hydrogen (secondary N) is 1. The van der Waals surface area contributed by atoms with Crippen molar-refractivity contribution in [1.82, 2.24) is 14.6 Å². The largest absolute Gasteiger partial charge is 0.352 e. The summed E-state index contributed by atoms with van der Waals surface area (Å²) in [6, 6.07) is 3.30. The molecule has 27 heavy (non-hydrogen) atoms. The van der Waals surface area contributed by atoms with E-state index in [4.69, 9.17) is 0 Å². The van der Waals surface area contributed by atoms with Crippen molar-refractivity contribution >= 4 is 27.3 Å². The molecule has 1 heterocycles. The Kier molecular flexibility index (Phi) is 7.07. The quantitative estimate of drug-likeness (QED) is 0.722. The number of carbonyl (C=O) groups is 1. The van der Waals surface area contributed by atoms with Crippen LogP contribution in [-0.2, 0) is 16.4 Å². The average Bonchev–Trinajstić information content (AvgIpc) is 2.93. The molecule has 0 aliphatic carbocycles. The second-order valence-electron chi connectivity index (χ2n) is 5.98. The van der Waals surface area contributed by atoms with Gasteiger partial charge in [0.15, 0.2) is 0 Å². The van der Waals surface area contributed by atoms with Crippen molar-refractivity contribution in [3.05, 3.63) is 45.2 Å². The van der Waals surface area contributed by atoms with Crippen molar-refractivity contribution in [3.8, 4) is 0 Å². The minimum atomic E-state index is -3.76. The predicted molar refractivity (Wildman–Crippen MR) is 104 cm³/mol. The van der Waals surface area contributed by atoms with Crippen LogP contribution in [0.3, 0.4) is 0 Å². The fraction of sp³-hybridized carbons (Fsp3) is 0.444. The van der Waals surface area contributed by atoms with Gasteiger partial charge in [-0.2, -0.15) is 4.31 Å². The van der Waals surface area contributed by atoms with E-state index in [0.717, 1.165) is 27.7 Å². The van der Waals surface area contributed by atoms with E-state index in [9.17, 15) is 17.6 Å². The molecule has 1 amide bonds. The molecule has 0 unspecified atom stereocenters. The van der Waals surface area contributed by atoms with Gasteiger partial charge >= 0.3 is 0 Å². The fourth-order valence-electron chi connectivity index (χ4n) is 2.74. The molecule has 2 rings (SSSR count). The van der Waals surface area contributed by atoms with Gasteiger partial charge in [-0.25, -0.2) is 17.8 Å². The summed E-state index contributed by atoms with van der Waals surface area (Å²) in [4.78, 5) is 17.7. The van der Waals surface area contributed by atoms with Gasteiger partial charge in [-0.05, 0) is 32.0 Å². The molecular weight excluding hydrogens is 389 g/mol. The van der Waals surface area contributed by atoms with Crippen molar-refractivity contribution in [1.29, 1.82) is 0 Å². The SMILES string of the molecule is CCN(CC)S(=O)(=O)c1ccc(F)c(C(=O)NCCc2sc(C)nc2C)c1. The zero-order valence-electron chi connectivity index (χ0n) is 15.9. The van der Waals surface area contributed by atoms with Gasteiger partial charge in [0.2, 0.25) is 10.0 Å². The number of aromatic nitrogens is 1. The normalized spacial score (nSPS) is 11.8. The minimum Gasteiger partial charge on any atom is -0.352 e. The van der Waals surface area contributed by atoms with Gasteiger partial charge in [-0.15, -0.1) is 11.3 Å². The lowest BCUT2D eigenvalue weighted by atomic mass is 10.2. The molecule has 0 atom stereocenters. The Morgan fingerprint density at radius 3 is 2.48 bits per heavy atom. The first-order chi connectivity index (χ1) is 12.7. The second-order valence-corrected chi connectivity index (χ2v) is 9.20. The van der Waals surface area contributed by atoms with E-state index in [1.165, 1.54) is 10.4 Å². The van der Waals surface area contributed by atoms with Gasteiger partial charge in [-0.3, -0.25) is 4.79 Å². The summed E-state index contributed by atoms with van der Waals surface area (Å²) in [5, 5.41) is 3.61. The molecule has 0 bridgehead atoms. The van der Waals surface area contributed by atoms with Crippen LogP contribution < -0.4 is 5.32 Å². The van der Waals surface area contributed by atoms with E-state index in [1.54, 1.807) is 25.2 Å². The Labute approximate surface area is 163 Å². The number of halogens is 1. The Morgan fingerprint density at radius 2 is 1.93 bits per heavy atom. The van der Waals surface area contributed by atoms with Crippen molar-refractivity contribution in [2.75, 3.05) is 19.6 Å². The highest BCUT2D eigenvalue weighted by atomic mass is 32.2. The maximum Gasteiger partial charge on any atom is 0.254 e. The number of nitrogens with zero attached hydrogens (tertiary/aromatic N) is 2. The molecule has 0 saturated carbocycles. The molecule has 9 heteroatoms. The maximum atomic E-state index is 14.1. The van der Waals surface area contributed by atoms with E-state index in [0.29, 0.717) is 26.1 Å². The first-order valence-electron chi connectivity index (χ1n) is 8.71. The summed E-state index contributed by atoms with van der Waals surface area (Å²) in [6.07, 6.45) is 0.585. The molecule has 1 aromatic carbocycles. The standard InChI is InChI=1S/C18H24FN3O3S2/c1-5-22(6-2)27(24,25)14-7-8-16(19)15(11-14)18(23)20-10-9-17-12(3)21-13(4)26-17/h7-8,11H,5-6,9-10H2,1-4H3,(H,20,23). The van der Waals surface area contributed by atoms with Crippen LogP contribution in [0.15, 0.2) is 23.1 Å². The Morgan fingerprint density at radius 1 is 1.26 bits per heavy atom. The van der Waals surface area contributed by atoms with Crippen LogP contribution in [0.4, 0.5) is 4.39 Å². The van der Waals surface area contributed by atoms with Crippen LogP contribution in [-0.4, -0.2) is 43.2 Å². The van der Waals surface area contributed by atoms with Crippen molar-refractivity contribution < 1.29 is 17.6 Å². The second kappa shape index (κ2) is 8.90. The molecule has 0 fully saturated rings. The summed E-state index contributed by atoms with van der Waals surface area (Å²) in [7, 11) is -3.76. The lowest BCUT2D eigenvalue weighted by Crippen LogP contribution is -2.31. The summed E-state index contributed by atoms with van der Waals surface area (Å²) >= 11 is 1.56. The molecule has 0 saturated heterocycles. The number of rotatable bonds is 8. The van der Waals surface area contributed by atoms with Gasteiger partial charge in [0.25, 0.3) is 5.91 Å². The number of hydrogen-bond acceptors (Lipinski definition) is 5. The predicted octanol–water partition coefficient (Wildman–Crippen LogP) is 2.90. The van der Waals surface area contributed by atoms with Crippen molar-refractivity contribution in [3.63, 3.8) is 0 Å². The first kappa shape index (κ1) is 21.5. The van der Waals surface area contributed by atoms with E-state index >= 15 is 0 Å². The highest BCUT2D eigenvalue weighted by Gasteiger charge is 2.24. The molecular formula is C18H24FN3O3S2. The van der Waals surface area contributed by atoms with Crippen molar-refractivity contribution in [2.45, 2.75) is 39.0 Å². The first-order valence-corrected chi connectivity index (χ1v) is 11.0.